The molecule has 1 unspecified atom stereocenters. The van der Waals surface area contributed by atoms with E-state index in [1.54, 1.807) is 0 Å². The van der Waals surface area contributed by atoms with Crippen molar-refractivity contribution in [2.24, 2.45) is 5.73 Å². The van der Waals surface area contributed by atoms with Crippen LogP contribution < -0.4 is 5.73 Å². The third-order valence-electron chi connectivity index (χ3n) is 1.94. The van der Waals surface area contributed by atoms with Gasteiger partial charge in [-0.1, -0.05) is 0 Å². The molecular formula is C8H16N4O. The molecule has 1 heterocycles. The van der Waals surface area contributed by atoms with E-state index in [1.807, 2.05) is 25.3 Å². The van der Waals surface area contributed by atoms with Crippen LogP contribution in [0.2, 0.25) is 0 Å². The van der Waals surface area contributed by atoms with Crippen LogP contribution in [-0.4, -0.2) is 26.5 Å². The minimum atomic E-state index is -0.441. The Kier molecular flexibility index (Phi) is 3.00. The number of aliphatic hydroxyl groups excluding tert-OH is 1. The fraction of sp³-hybridized carbons (Fsp3) is 0.750. The Morgan fingerprint density at radius 2 is 2.08 bits per heavy atom. The molecule has 1 rings (SSSR count). The highest BCUT2D eigenvalue weighted by Gasteiger charge is 2.16. The lowest BCUT2D eigenvalue weighted by Gasteiger charge is -2.15. The normalized spacial score (nSPS) is 13.7. The number of aryl methyl sites for hydroxylation is 1. The molecule has 1 atom stereocenters. The van der Waals surface area contributed by atoms with Crippen LogP contribution in [0.4, 0.5) is 0 Å². The van der Waals surface area contributed by atoms with Gasteiger partial charge in [0.15, 0.2) is 5.82 Å². The van der Waals surface area contributed by atoms with E-state index in [9.17, 15) is 0 Å². The quantitative estimate of drug-likeness (QED) is 0.701. The van der Waals surface area contributed by atoms with Crippen molar-refractivity contribution >= 4 is 0 Å². The first-order valence-electron chi connectivity index (χ1n) is 4.35. The van der Waals surface area contributed by atoms with Crippen molar-refractivity contribution in [3.05, 3.63) is 11.6 Å². The molecule has 3 N–H and O–H groups in total. The predicted molar refractivity (Wildman–Crippen MR) is 49.2 cm³/mol. The smallest absolute Gasteiger partial charge is 0.152 e. The van der Waals surface area contributed by atoms with E-state index >= 15 is 0 Å². The number of rotatable bonds is 3. The predicted octanol–water partition coefficient (Wildman–Crippen LogP) is 0.160. The lowest BCUT2D eigenvalue weighted by Crippen LogP contribution is -2.21. The fourth-order valence-corrected chi connectivity index (χ4v) is 1.36. The first-order chi connectivity index (χ1) is 6.07. The Morgan fingerprint density at radius 1 is 1.46 bits per heavy atom. The van der Waals surface area contributed by atoms with E-state index in [0.29, 0.717) is 5.82 Å². The van der Waals surface area contributed by atoms with Crippen LogP contribution in [-0.2, 0) is 0 Å². The van der Waals surface area contributed by atoms with Crippen LogP contribution in [0.15, 0.2) is 0 Å². The molecule has 0 aromatic carbocycles. The molecule has 1 aromatic rings. The van der Waals surface area contributed by atoms with E-state index in [0.717, 1.165) is 5.82 Å². The molecular weight excluding hydrogens is 168 g/mol. The maximum atomic E-state index is 8.90. The van der Waals surface area contributed by atoms with E-state index in [1.165, 1.54) is 0 Å². The number of hydrogen-bond acceptors (Lipinski definition) is 4. The maximum absolute atomic E-state index is 8.90. The van der Waals surface area contributed by atoms with E-state index in [4.69, 9.17) is 10.8 Å². The summed E-state index contributed by atoms with van der Waals surface area (Å²) in [6.45, 7) is 5.83. The highest BCUT2D eigenvalue weighted by molar-refractivity contribution is 5.00. The first kappa shape index (κ1) is 10.1. The van der Waals surface area contributed by atoms with Gasteiger partial charge in [0.2, 0.25) is 0 Å². The standard InChI is InChI=1S/C8H16N4O/c1-5(2)12-6(3)10-11-8(12)7(9)4-13/h5,7,13H,4,9H2,1-3H3. The van der Waals surface area contributed by atoms with Gasteiger partial charge in [-0.2, -0.15) is 0 Å². The van der Waals surface area contributed by atoms with Crippen LogP contribution in [0.3, 0.4) is 0 Å². The minimum absolute atomic E-state index is 0.106. The molecule has 13 heavy (non-hydrogen) atoms. The van der Waals surface area contributed by atoms with Gasteiger partial charge in [0, 0.05) is 6.04 Å². The van der Waals surface area contributed by atoms with Gasteiger partial charge in [-0.05, 0) is 20.8 Å². The van der Waals surface area contributed by atoms with Gasteiger partial charge < -0.3 is 15.4 Å². The Labute approximate surface area is 77.6 Å². The zero-order valence-corrected chi connectivity index (χ0v) is 8.23. The highest BCUT2D eigenvalue weighted by Crippen LogP contribution is 2.15. The third-order valence-corrected chi connectivity index (χ3v) is 1.94. The molecule has 0 amide bonds. The Balaban J connectivity index is 3.07. The molecule has 74 valence electrons. The molecule has 0 spiro atoms. The molecule has 0 radical (unpaired) electrons. The maximum Gasteiger partial charge on any atom is 0.152 e. The number of hydrogen-bond donors (Lipinski definition) is 2. The summed E-state index contributed by atoms with van der Waals surface area (Å²) in [5.41, 5.74) is 5.67. The van der Waals surface area contributed by atoms with Gasteiger partial charge in [0.25, 0.3) is 0 Å². The monoisotopic (exact) mass is 184 g/mol. The molecule has 5 nitrogen and oxygen atoms in total. The van der Waals surface area contributed by atoms with E-state index in [2.05, 4.69) is 10.2 Å². The van der Waals surface area contributed by atoms with Crippen molar-refractivity contribution in [3.8, 4) is 0 Å². The van der Waals surface area contributed by atoms with Crippen LogP contribution in [0.1, 0.15) is 37.6 Å². The third kappa shape index (κ3) is 1.87. The summed E-state index contributed by atoms with van der Waals surface area (Å²) in [5, 5.41) is 16.8. The first-order valence-corrected chi connectivity index (χ1v) is 4.35. The topological polar surface area (TPSA) is 77.0 Å². The summed E-state index contributed by atoms with van der Waals surface area (Å²) in [6.07, 6.45) is 0. The molecule has 5 heteroatoms. The van der Waals surface area contributed by atoms with Crippen molar-refractivity contribution in [2.45, 2.75) is 32.9 Å². The summed E-state index contributed by atoms with van der Waals surface area (Å²) in [5.74, 6) is 1.48. The number of nitrogens with zero attached hydrogens (tertiary/aromatic N) is 3. The van der Waals surface area contributed by atoms with Gasteiger partial charge in [-0.25, -0.2) is 0 Å². The average molecular weight is 184 g/mol. The molecule has 0 saturated carbocycles. The van der Waals surface area contributed by atoms with E-state index in [-0.39, 0.29) is 12.6 Å². The van der Waals surface area contributed by atoms with Crippen molar-refractivity contribution in [1.29, 1.82) is 0 Å². The van der Waals surface area contributed by atoms with Gasteiger partial charge in [-0.3, -0.25) is 0 Å². The molecule has 0 bridgehead atoms. The largest absolute Gasteiger partial charge is 0.394 e. The average Bonchev–Trinajstić information content (AvgIpc) is 2.45. The second-order valence-electron chi connectivity index (χ2n) is 3.36. The summed E-state index contributed by atoms with van der Waals surface area (Å²) in [7, 11) is 0. The Bertz CT molecular complexity index is 282. The van der Waals surface area contributed by atoms with Gasteiger partial charge in [0.1, 0.15) is 5.82 Å². The SMILES string of the molecule is Cc1nnc(C(N)CO)n1C(C)C. The fourth-order valence-electron chi connectivity index (χ4n) is 1.36. The summed E-state index contributed by atoms with van der Waals surface area (Å²) in [4.78, 5) is 0. The lowest BCUT2D eigenvalue weighted by atomic mass is 10.3. The zero-order chi connectivity index (χ0) is 10.0. The van der Waals surface area contributed by atoms with Crippen LogP contribution in [0.5, 0.6) is 0 Å². The second-order valence-corrected chi connectivity index (χ2v) is 3.36. The second kappa shape index (κ2) is 3.85. The summed E-state index contributed by atoms with van der Waals surface area (Å²) >= 11 is 0. The molecule has 1 aromatic heterocycles. The number of aliphatic hydroxyl groups is 1. The lowest BCUT2D eigenvalue weighted by molar-refractivity contribution is 0.259. The van der Waals surface area contributed by atoms with Crippen molar-refractivity contribution in [2.75, 3.05) is 6.61 Å². The van der Waals surface area contributed by atoms with E-state index < -0.39 is 6.04 Å². The van der Waals surface area contributed by atoms with Crippen molar-refractivity contribution in [1.82, 2.24) is 14.8 Å². The molecule has 0 aliphatic heterocycles. The number of aromatic nitrogens is 3. The van der Waals surface area contributed by atoms with Crippen LogP contribution in [0.25, 0.3) is 0 Å². The van der Waals surface area contributed by atoms with Gasteiger partial charge in [0.05, 0.1) is 12.6 Å². The molecule has 0 aliphatic carbocycles. The van der Waals surface area contributed by atoms with Crippen LogP contribution in [0, 0.1) is 6.92 Å². The number of nitrogens with two attached hydrogens (primary N) is 1. The molecule has 0 saturated heterocycles. The Hall–Kier alpha value is -0.940. The highest BCUT2D eigenvalue weighted by atomic mass is 16.3. The summed E-state index contributed by atoms with van der Waals surface area (Å²) in [6, 6.07) is -0.175. The Morgan fingerprint density at radius 3 is 2.54 bits per heavy atom. The van der Waals surface area contributed by atoms with Crippen LogP contribution >= 0.6 is 0 Å². The summed E-state index contributed by atoms with van der Waals surface area (Å²) < 4.78 is 1.93. The molecule has 0 fully saturated rings. The van der Waals surface area contributed by atoms with Gasteiger partial charge in [-0.15, -0.1) is 10.2 Å². The zero-order valence-electron chi connectivity index (χ0n) is 8.23. The van der Waals surface area contributed by atoms with Crippen molar-refractivity contribution < 1.29 is 5.11 Å². The minimum Gasteiger partial charge on any atom is -0.394 e. The molecule has 0 aliphatic rings. The van der Waals surface area contributed by atoms with Gasteiger partial charge >= 0.3 is 0 Å². The van der Waals surface area contributed by atoms with Crippen molar-refractivity contribution in [3.63, 3.8) is 0 Å².